The van der Waals surface area contributed by atoms with Crippen molar-refractivity contribution in [1.29, 1.82) is 0 Å². The van der Waals surface area contributed by atoms with Gasteiger partial charge in [0.1, 0.15) is 6.10 Å². The molecule has 6 nitrogen and oxygen atoms in total. The van der Waals surface area contributed by atoms with Gasteiger partial charge in [0.15, 0.2) is 5.96 Å². The summed E-state index contributed by atoms with van der Waals surface area (Å²) in [5, 5.41) is 9.46. The summed E-state index contributed by atoms with van der Waals surface area (Å²) in [6.45, 7) is 2.19. The van der Waals surface area contributed by atoms with Gasteiger partial charge in [-0.25, -0.2) is 0 Å². The molecule has 1 aromatic carbocycles. The summed E-state index contributed by atoms with van der Waals surface area (Å²) in [5.74, 6) is 1.75. The summed E-state index contributed by atoms with van der Waals surface area (Å²) < 4.78 is 5.41. The molecule has 0 saturated carbocycles. The van der Waals surface area contributed by atoms with Crippen molar-refractivity contribution in [3.63, 3.8) is 0 Å². The SMILES string of the molecule is CN=C(NCCSC)NCc1cccc(NC(=O)C2CCCO2)c1. The monoisotopic (exact) mass is 350 g/mol. The first-order valence-corrected chi connectivity index (χ1v) is 9.57. The van der Waals surface area contributed by atoms with Gasteiger partial charge in [-0.15, -0.1) is 0 Å². The number of hydrogen-bond donors (Lipinski definition) is 3. The molecule has 2 rings (SSSR count). The number of aliphatic imine (C=N–C) groups is 1. The zero-order chi connectivity index (χ0) is 17.2. The van der Waals surface area contributed by atoms with Gasteiger partial charge in [0.05, 0.1) is 0 Å². The number of benzene rings is 1. The summed E-state index contributed by atoms with van der Waals surface area (Å²) in [6, 6.07) is 7.81. The Morgan fingerprint density at radius 3 is 3.00 bits per heavy atom. The molecule has 1 amide bonds. The third-order valence-electron chi connectivity index (χ3n) is 3.70. The van der Waals surface area contributed by atoms with Gasteiger partial charge in [-0.05, 0) is 36.8 Å². The molecule has 1 aliphatic rings. The lowest BCUT2D eigenvalue weighted by molar-refractivity contribution is -0.124. The van der Waals surface area contributed by atoms with Crippen molar-refractivity contribution in [2.75, 3.05) is 37.5 Å². The van der Waals surface area contributed by atoms with Crippen molar-refractivity contribution in [2.45, 2.75) is 25.5 Å². The predicted octanol–water partition coefficient (Wildman–Crippen LogP) is 1.83. The molecule has 1 fully saturated rings. The fraction of sp³-hybridized carbons (Fsp3) is 0.529. The van der Waals surface area contributed by atoms with Crippen molar-refractivity contribution in [3.8, 4) is 0 Å². The summed E-state index contributed by atoms with van der Waals surface area (Å²) in [6.07, 6.45) is 3.51. The van der Waals surface area contributed by atoms with E-state index < -0.39 is 0 Å². The van der Waals surface area contributed by atoms with Gasteiger partial charge in [-0.3, -0.25) is 9.79 Å². The Bertz CT molecular complexity index is 559. The van der Waals surface area contributed by atoms with E-state index in [4.69, 9.17) is 4.74 Å². The maximum atomic E-state index is 12.1. The van der Waals surface area contributed by atoms with E-state index in [1.807, 2.05) is 24.3 Å². The molecule has 0 radical (unpaired) electrons. The van der Waals surface area contributed by atoms with Crippen molar-refractivity contribution in [2.24, 2.45) is 4.99 Å². The van der Waals surface area contributed by atoms with E-state index in [0.717, 1.165) is 42.3 Å². The second kappa shape index (κ2) is 10.2. The summed E-state index contributed by atoms with van der Waals surface area (Å²) in [5.41, 5.74) is 1.87. The Balaban J connectivity index is 1.84. The van der Waals surface area contributed by atoms with Crippen LogP contribution in [-0.2, 0) is 16.1 Å². The molecule has 1 unspecified atom stereocenters. The maximum Gasteiger partial charge on any atom is 0.253 e. The topological polar surface area (TPSA) is 74.8 Å². The third-order valence-corrected chi connectivity index (χ3v) is 4.31. The van der Waals surface area contributed by atoms with Gasteiger partial charge in [0.25, 0.3) is 5.91 Å². The third kappa shape index (κ3) is 6.05. The number of nitrogens with zero attached hydrogens (tertiary/aromatic N) is 1. The van der Waals surface area contributed by atoms with Crippen LogP contribution in [0.1, 0.15) is 18.4 Å². The van der Waals surface area contributed by atoms with Crippen LogP contribution in [0.25, 0.3) is 0 Å². The number of ether oxygens (including phenoxy) is 1. The van der Waals surface area contributed by atoms with E-state index in [-0.39, 0.29) is 12.0 Å². The number of anilines is 1. The second-order valence-corrected chi connectivity index (χ2v) is 6.52. The van der Waals surface area contributed by atoms with Gasteiger partial charge in [-0.1, -0.05) is 12.1 Å². The van der Waals surface area contributed by atoms with E-state index in [1.54, 1.807) is 18.8 Å². The number of thioether (sulfide) groups is 1. The minimum atomic E-state index is -0.314. The minimum Gasteiger partial charge on any atom is -0.368 e. The lowest BCUT2D eigenvalue weighted by Crippen LogP contribution is -2.37. The van der Waals surface area contributed by atoms with Crippen LogP contribution < -0.4 is 16.0 Å². The van der Waals surface area contributed by atoms with Crippen LogP contribution >= 0.6 is 11.8 Å². The number of rotatable bonds is 7. The summed E-state index contributed by atoms with van der Waals surface area (Å²) in [7, 11) is 1.76. The van der Waals surface area contributed by atoms with Gasteiger partial charge in [0.2, 0.25) is 0 Å². The molecule has 3 N–H and O–H groups in total. The van der Waals surface area contributed by atoms with E-state index in [2.05, 4.69) is 27.2 Å². The highest BCUT2D eigenvalue weighted by atomic mass is 32.2. The van der Waals surface area contributed by atoms with Crippen molar-refractivity contribution in [3.05, 3.63) is 29.8 Å². The molecule has 1 aliphatic heterocycles. The lowest BCUT2D eigenvalue weighted by atomic mass is 10.2. The highest BCUT2D eigenvalue weighted by Gasteiger charge is 2.23. The van der Waals surface area contributed by atoms with E-state index in [1.165, 1.54) is 0 Å². The van der Waals surface area contributed by atoms with E-state index >= 15 is 0 Å². The summed E-state index contributed by atoms with van der Waals surface area (Å²) in [4.78, 5) is 16.3. The van der Waals surface area contributed by atoms with Crippen LogP contribution in [0.5, 0.6) is 0 Å². The minimum absolute atomic E-state index is 0.0628. The predicted molar refractivity (Wildman–Crippen MR) is 101 cm³/mol. The molecule has 132 valence electrons. The summed E-state index contributed by atoms with van der Waals surface area (Å²) >= 11 is 1.79. The first kappa shape index (κ1) is 18.6. The van der Waals surface area contributed by atoms with Crippen LogP contribution in [0.2, 0.25) is 0 Å². The largest absolute Gasteiger partial charge is 0.368 e. The molecule has 0 bridgehead atoms. The highest BCUT2D eigenvalue weighted by molar-refractivity contribution is 7.98. The quantitative estimate of drug-likeness (QED) is 0.397. The van der Waals surface area contributed by atoms with Crippen molar-refractivity contribution >= 4 is 29.3 Å². The second-order valence-electron chi connectivity index (χ2n) is 5.54. The maximum absolute atomic E-state index is 12.1. The molecule has 0 aliphatic carbocycles. The number of guanidine groups is 1. The smallest absolute Gasteiger partial charge is 0.253 e. The zero-order valence-electron chi connectivity index (χ0n) is 14.3. The standard InChI is InChI=1S/C17H26N4O2S/c1-18-17(19-8-10-24-2)20-12-13-5-3-6-14(11-13)21-16(22)15-7-4-9-23-15/h3,5-6,11,15H,4,7-10,12H2,1-2H3,(H,21,22)(H2,18,19,20). The van der Waals surface area contributed by atoms with Gasteiger partial charge in [0, 0.05) is 38.2 Å². The van der Waals surface area contributed by atoms with Crippen molar-refractivity contribution < 1.29 is 9.53 Å². The zero-order valence-corrected chi connectivity index (χ0v) is 15.1. The lowest BCUT2D eigenvalue weighted by Gasteiger charge is -2.13. The van der Waals surface area contributed by atoms with E-state index in [0.29, 0.717) is 13.2 Å². The Labute approximate surface area is 147 Å². The van der Waals surface area contributed by atoms with Gasteiger partial charge >= 0.3 is 0 Å². The average molecular weight is 350 g/mol. The molecule has 1 saturated heterocycles. The molecule has 1 aromatic rings. The molecule has 1 heterocycles. The van der Waals surface area contributed by atoms with Crippen LogP contribution in [0.3, 0.4) is 0 Å². The number of nitrogens with one attached hydrogen (secondary N) is 3. The van der Waals surface area contributed by atoms with Crippen LogP contribution in [0.15, 0.2) is 29.3 Å². The number of amides is 1. The van der Waals surface area contributed by atoms with Crippen LogP contribution in [0, 0.1) is 0 Å². The molecule has 0 aromatic heterocycles. The van der Waals surface area contributed by atoms with E-state index in [9.17, 15) is 4.79 Å². The first-order chi connectivity index (χ1) is 11.7. The van der Waals surface area contributed by atoms with Crippen LogP contribution in [-0.4, -0.2) is 50.2 Å². The number of carbonyl (C=O) groups is 1. The number of carbonyl (C=O) groups excluding carboxylic acids is 1. The number of hydrogen-bond acceptors (Lipinski definition) is 4. The molecular weight excluding hydrogens is 324 g/mol. The molecular formula is C17H26N4O2S. The average Bonchev–Trinajstić information content (AvgIpc) is 3.13. The molecule has 7 heteroatoms. The molecule has 1 atom stereocenters. The van der Waals surface area contributed by atoms with Crippen LogP contribution in [0.4, 0.5) is 5.69 Å². The highest BCUT2D eigenvalue weighted by Crippen LogP contribution is 2.16. The fourth-order valence-corrected chi connectivity index (χ4v) is 2.75. The molecule has 24 heavy (non-hydrogen) atoms. The van der Waals surface area contributed by atoms with Crippen molar-refractivity contribution in [1.82, 2.24) is 10.6 Å². The van der Waals surface area contributed by atoms with Gasteiger partial charge < -0.3 is 20.7 Å². The fourth-order valence-electron chi connectivity index (χ4n) is 2.44. The Morgan fingerprint density at radius 2 is 2.29 bits per heavy atom. The Hall–Kier alpha value is -1.73. The first-order valence-electron chi connectivity index (χ1n) is 8.18. The van der Waals surface area contributed by atoms with Gasteiger partial charge in [-0.2, -0.15) is 11.8 Å². The molecule has 0 spiro atoms. The Morgan fingerprint density at radius 1 is 1.42 bits per heavy atom. The Kier molecular flexibility index (Phi) is 7.91. The normalized spacial score (nSPS) is 17.6.